The van der Waals surface area contributed by atoms with Crippen LogP contribution in [0.25, 0.3) is 0 Å². The lowest BCUT2D eigenvalue weighted by molar-refractivity contribution is 0.0398. The Morgan fingerprint density at radius 1 is 1.21 bits per heavy atom. The van der Waals surface area contributed by atoms with Crippen LogP contribution in [0.15, 0.2) is 24.4 Å². The number of nitrogens with zero attached hydrogens (tertiary/aromatic N) is 4. The van der Waals surface area contributed by atoms with Crippen molar-refractivity contribution in [2.24, 2.45) is 0 Å². The normalized spacial score (nSPS) is 15.2. The third-order valence-electron chi connectivity index (χ3n) is 3.59. The number of morpholine rings is 1. The highest BCUT2D eigenvalue weighted by atomic mass is 35.5. The van der Waals surface area contributed by atoms with E-state index in [9.17, 15) is 0 Å². The third-order valence-corrected chi connectivity index (χ3v) is 4.41. The van der Waals surface area contributed by atoms with Gasteiger partial charge in [0.25, 0.3) is 0 Å². The summed E-state index contributed by atoms with van der Waals surface area (Å²) in [4.78, 5) is 6.72. The number of anilines is 3. The highest BCUT2D eigenvalue weighted by molar-refractivity contribution is 6.43. The van der Waals surface area contributed by atoms with E-state index in [1.54, 1.807) is 24.4 Å². The minimum absolute atomic E-state index is 0.357. The van der Waals surface area contributed by atoms with E-state index < -0.39 is 0 Å². The van der Waals surface area contributed by atoms with Gasteiger partial charge in [-0.25, -0.2) is 0 Å². The van der Waals surface area contributed by atoms with Gasteiger partial charge < -0.3 is 15.4 Å². The molecule has 0 atom stereocenters. The van der Waals surface area contributed by atoms with Crippen LogP contribution in [-0.2, 0) is 4.74 Å². The predicted octanol–water partition coefficient (Wildman–Crippen LogP) is 2.67. The Bertz CT molecular complexity index is 681. The molecule has 2 heterocycles. The zero-order chi connectivity index (χ0) is 16.8. The van der Waals surface area contributed by atoms with E-state index in [-0.39, 0.29) is 0 Å². The minimum atomic E-state index is 0.357. The lowest BCUT2D eigenvalue weighted by Gasteiger charge is -2.26. The topological polar surface area (TPSA) is 75.2 Å². The molecule has 0 radical (unpaired) electrons. The zero-order valence-electron chi connectivity index (χ0n) is 13.0. The molecule has 2 aromatic rings. The summed E-state index contributed by atoms with van der Waals surface area (Å²) in [6.07, 6.45) is 1.59. The smallest absolute Gasteiger partial charge is 0.249 e. The van der Waals surface area contributed by atoms with Crippen LogP contribution in [-0.4, -0.2) is 59.5 Å². The number of nitrogens with one attached hydrogen (secondary N) is 2. The number of halogens is 2. The Morgan fingerprint density at radius 2 is 2.04 bits per heavy atom. The highest BCUT2D eigenvalue weighted by Gasteiger charge is 2.10. The molecule has 0 amide bonds. The van der Waals surface area contributed by atoms with Crippen molar-refractivity contribution in [3.8, 4) is 0 Å². The number of hydrogen-bond donors (Lipinski definition) is 2. The SMILES string of the molecule is Clc1cccc(Nc2nncc(NCCN3CCOCC3)n2)c1Cl. The van der Waals surface area contributed by atoms with Gasteiger partial charge in [-0.2, -0.15) is 10.1 Å². The first-order chi connectivity index (χ1) is 11.7. The molecule has 1 aromatic carbocycles. The van der Waals surface area contributed by atoms with E-state index in [4.69, 9.17) is 27.9 Å². The summed E-state index contributed by atoms with van der Waals surface area (Å²) in [7, 11) is 0. The summed E-state index contributed by atoms with van der Waals surface area (Å²) in [6.45, 7) is 5.22. The van der Waals surface area contributed by atoms with Crippen molar-refractivity contribution in [3.05, 3.63) is 34.4 Å². The second kappa shape index (κ2) is 8.43. The van der Waals surface area contributed by atoms with Crippen molar-refractivity contribution in [1.82, 2.24) is 20.1 Å². The number of rotatable bonds is 6. The molecule has 0 aliphatic carbocycles. The molecule has 1 aromatic heterocycles. The van der Waals surface area contributed by atoms with Crippen molar-refractivity contribution in [3.63, 3.8) is 0 Å². The second-order valence-electron chi connectivity index (χ2n) is 5.27. The fourth-order valence-electron chi connectivity index (χ4n) is 2.33. The van der Waals surface area contributed by atoms with Crippen molar-refractivity contribution >= 4 is 40.7 Å². The molecule has 0 saturated carbocycles. The van der Waals surface area contributed by atoms with Crippen LogP contribution >= 0.6 is 23.2 Å². The van der Waals surface area contributed by atoms with Crippen molar-refractivity contribution in [2.45, 2.75) is 0 Å². The molecule has 1 fully saturated rings. The first kappa shape index (κ1) is 17.2. The van der Waals surface area contributed by atoms with Gasteiger partial charge >= 0.3 is 0 Å². The van der Waals surface area contributed by atoms with Gasteiger partial charge in [-0.15, -0.1) is 5.10 Å². The molecule has 0 spiro atoms. The largest absolute Gasteiger partial charge is 0.379 e. The van der Waals surface area contributed by atoms with Gasteiger partial charge in [0.1, 0.15) is 0 Å². The molecule has 1 saturated heterocycles. The van der Waals surface area contributed by atoms with E-state index in [2.05, 4.69) is 30.7 Å². The van der Waals surface area contributed by atoms with Gasteiger partial charge in [0, 0.05) is 26.2 Å². The first-order valence-electron chi connectivity index (χ1n) is 7.67. The van der Waals surface area contributed by atoms with Crippen LogP contribution in [0.2, 0.25) is 10.0 Å². The van der Waals surface area contributed by atoms with Crippen molar-refractivity contribution < 1.29 is 4.74 Å². The summed E-state index contributed by atoms with van der Waals surface area (Å²) >= 11 is 12.2. The van der Waals surface area contributed by atoms with Crippen LogP contribution in [0.4, 0.5) is 17.5 Å². The molecule has 24 heavy (non-hydrogen) atoms. The van der Waals surface area contributed by atoms with Gasteiger partial charge in [0.15, 0.2) is 5.82 Å². The van der Waals surface area contributed by atoms with E-state index in [1.807, 2.05) is 0 Å². The lowest BCUT2D eigenvalue weighted by atomic mass is 10.3. The van der Waals surface area contributed by atoms with Gasteiger partial charge in [-0.05, 0) is 12.1 Å². The van der Waals surface area contributed by atoms with Gasteiger partial charge in [0.05, 0.1) is 35.1 Å². The molecular formula is C15H18Cl2N6O. The number of aromatic nitrogens is 3. The van der Waals surface area contributed by atoms with E-state index in [0.29, 0.717) is 27.5 Å². The number of benzene rings is 1. The molecule has 0 bridgehead atoms. The maximum absolute atomic E-state index is 6.15. The third kappa shape index (κ3) is 4.67. The Kier molecular flexibility index (Phi) is 6.03. The first-order valence-corrected chi connectivity index (χ1v) is 8.43. The van der Waals surface area contributed by atoms with Crippen LogP contribution in [0.5, 0.6) is 0 Å². The maximum Gasteiger partial charge on any atom is 0.249 e. The lowest BCUT2D eigenvalue weighted by Crippen LogP contribution is -2.39. The average Bonchev–Trinajstić information content (AvgIpc) is 2.60. The average molecular weight is 369 g/mol. The molecule has 9 heteroatoms. The van der Waals surface area contributed by atoms with Gasteiger partial charge in [0.2, 0.25) is 5.95 Å². The monoisotopic (exact) mass is 368 g/mol. The molecule has 3 rings (SSSR count). The molecule has 0 unspecified atom stereocenters. The second-order valence-corrected chi connectivity index (χ2v) is 6.06. The summed E-state index contributed by atoms with van der Waals surface area (Å²) < 4.78 is 5.33. The highest BCUT2D eigenvalue weighted by Crippen LogP contribution is 2.30. The quantitative estimate of drug-likeness (QED) is 0.811. The molecule has 1 aliphatic heterocycles. The maximum atomic E-state index is 6.15. The molecule has 1 aliphatic rings. The summed E-state index contributed by atoms with van der Waals surface area (Å²) in [5.74, 6) is 1.01. The Balaban J connectivity index is 1.56. The van der Waals surface area contributed by atoms with Crippen molar-refractivity contribution in [2.75, 3.05) is 50.0 Å². The number of ether oxygens (including phenoxy) is 1. The summed E-state index contributed by atoms with van der Waals surface area (Å²) in [5.41, 5.74) is 0.636. The molecule has 7 nitrogen and oxygen atoms in total. The predicted molar refractivity (Wildman–Crippen MR) is 95.3 cm³/mol. The Labute approximate surface area is 150 Å². The molecular weight excluding hydrogens is 351 g/mol. The molecule has 128 valence electrons. The number of hydrogen-bond acceptors (Lipinski definition) is 7. The summed E-state index contributed by atoms with van der Waals surface area (Å²) in [5, 5.41) is 15.1. The van der Waals surface area contributed by atoms with Crippen LogP contribution in [0.3, 0.4) is 0 Å². The minimum Gasteiger partial charge on any atom is -0.379 e. The van der Waals surface area contributed by atoms with E-state index >= 15 is 0 Å². The van der Waals surface area contributed by atoms with E-state index in [0.717, 1.165) is 39.4 Å². The van der Waals surface area contributed by atoms with Gasteiger partial charge in [-0.3, -0.25) is 4.90 Å². The van der Waals surface area contributed by atoms with E-state index in [1.165, 1.54) is 0 Å². The Hall–Kier alpha value is -1.67. The van der Waals surface area contributed by atoms with Crippen LogP contribution < -0.4 is 10.6 Å². The standard InChI is InChI=1S/C15H18Cl2N6O/c16-11-2-1-3-12(14(11)17)20-15-21-13(10-19-22-15)18-4-5-23-6-8-24-9-7-23/h1-3,10H,4-9H2,(H2,18,20,21,22). The Morgan fingerprint density at radius 3 is 2.88 bits per heavy atom. The zero-order valence-corrected chi connectivity index (χ0v) is 14.5. The fraction of sp³-hybridized carbons (Fsp3) is 0.400. The molecule has 2 N–H and O–H groups in total. The van der Waals surface area contributed by atoms with Crippen LogP contribution in [0.1, 0.15) is 0 Å². The fourth-order valence-corrected chi connectivity index (χ4v) is 2.68. The van der Waals surface area contributed by atoms with Crippen LogP contribution in [0, 0.1) is 0 Å². The van der Waals surface area contributed by atoms with Crippen molar-refractivity contribution in [1.29, 1.82) is 0 Å². The summed E-state index contributed by atoms with van der Waals surface area (Å²) in [6, 6.07) is 5.32. The van der Waals surface area contributed by atoms with Gasteiger partial charge in [-0.1, -0.05) is 29.3 Å².